The number of aliphatic hydroxyl groups is 1. The molecule has 0 unspecified atom stereocenters. The molecule has 3 rings (SSSR count). The second-order valence-electron chi connectivity index (χ2n) is 4.22. The molecule has 98 valence electrons. The molecule has 3 aromatic rings. The van der Waals surface area contributed by atoms with E-state index < -0.39 is 0 Å². The highest BCUT2D eigenvalue weighted by Crippen LogP contribution is 2.17. The lowest BCUT2D eigenvalue weighted by Crippen LogP contribution is -2.02. The van der Waals surface area contributed by atoms with Gasteiger partial charge in [0.25, 0.3) is 0 Å². The lowest BCUT2D eigenvalue weighted by Gasteiger charge is -2.03. The molecule has 0 bridgehead atoms. The first-order valence-corrected chi connectivity index (χ1v) is 6.02. The third-order valence-corrected chi connectivity index (χ3v) is 2.83. The van der Waals surface area contributed by atoms with Crippen LogP contribution in [0.15, 0.2) is 30.6 Å². The number of hydrogen-bond acceptors (Lipinski definition) is 5. The van der Waals surface area contributed by atoms with Crippen LogP contribution in [0.2, 0.25) is 0 Å². The standard InChI is InChI=1S/C12H14N6O/c19-4-3-18-8-11(15-17-18)7-13-10-1-2-12-9(5-10)6-14-16-12/h1-2,5-6,8,13,19H,3-4,7H2,(H,14,16). The summed E-state index contributed by atoms with van der Waals surface area (Å²) in [5.41, 5.74) is 2.85. The van der Waals surface area contributed by atoms with E-state index in [9.17, 15) is 0 Å². The smallest absolute Gasteiger partial charge is 0.102 e. The Morgan fingerprint density at radius 1 is 1.37 bits per heavy atom. The summed E-state index contributed by atoms with van der Waals surface area (Å²) in [6.45, 7) is 1.12. The largest absolute Gasteiger partial charge is 0.394 e. The molecular weight excluding hydrogens is 244 g/mol. The minimum atomic E-state index is 0.0629. The van der Waals surface area contributed by atoms with Gasteiger partial charge in [0.15, 0.2) is 0 Å². The van der Waals surface area contributed by atoms with E-state index in [4.69, 9.17) is 5.11 Å². The highest BCUT2D eigenvalue weighted by atomic mass is 16.3. The van der Waals surface area contributed by atoms with E-state index in [1.54, 1.807) is 10.9 Å². The number of aromatic amines is 1. The minimum absolute atomic E-state index is 0.0629. The van der Waals surface area contributed by atoms with E-state index in [1.807, 2.05) is 24.4 Å². The Morgan fingerprint density at radius 2 is 2.32 bits per heavy atom. The van der Waals surface area contributed by atoms with E-state index in [2.05, 4.69) is 25.8 Å². The summed E-state index contributed by atoms with van der Waals surface area (Å²) in [6, 6.07) is 5.99. The Balaban J connectivity index is 1.67. The van der Waals surface area contributed by atoms with Gasteiger partial charge in [-0.05, 0) is 18.2 Å². The first-order chi connectivity index (χ1) is 9.35. The van der Waals surface area contributed by atoms with Gasteiger partial charge in [0.2, 0.25) is 0 Å². The lowest BCUT2D eigenvalue weighted by atomic mass is 10.2. The van der Waals surface area contributed by atoms with Gasteiger partial charge in [0, 0.05) is 11.1 Å². The molecule has 7 nitrogen and oxygen atoms in total. The Labute approximate surface area is 109 Å². The summed E-state index contributed by atoms with van der Waals surface area (Å²) in [5, 5.41) is 28.0. The van der Waals surface area contributed by atoms with Gasteiger partial charge >= 0.3 is 0 Å². The van der Waals surface area contributed by atoms with Gasteiger partial charge in [-0.1, -0.05) is 5.21 Å². The van der Waals surface area contributed by atoms with Gasteiger partial charge in [-0.3, -0.25) is 5.10 Å². The van der Waals surface area contributed by atoms with Crippen molar-refractivity contribution in [1.29, 1.82) is 0 Å². The Morgan fingerprint density at radius 3 is 3.21 bits per heavy atom. The van der Waals surface area contributed by atoms with Gasteiger partial charge in [0.05, 0.1) is 37.6 Å². The van der Waals surface area contributed by atoms with Crippen molar-refractivity contribution in [3.63, 3.8) is 0 Å². The van der Waals surface area contributed by atoms with Crippen molar-refractivity contribution in [1.82, 2.24) is 25.2 Å². The Bertz CT molecular complexity index is 673. The van der Waals surface area contributed by atoms with Crippen molar-refractivity contribution in [2.24, 2.45) is 0 Å². The van der Waals surface area contributed by atoms with Crippen molar-refractivity contribution < 1.29 is 5.11 Å². The molecule has 0 atom stereocenters. The number of aromatic nitrogens is 5. The second-order valence-corrected chi connectivity index (χ2v) is 4.22. The van der Waals surface area contributed by atoms with Crippen LogP contribution in [0, 0.1) is 0 Å². The molecule has 0 aliphatic rings. The molecule has 2 aromatic heterocycles. The third kappa shape index (κ3) is 2.55. The van der Waals surface area contributed by atoms with Crippen molar-refractivity contribution in [2.45, 2.75) is 13.1 Å². The zero-order valence-electron chi connectivity index (χ0n) is 10.2. The fourth-order valence-corrected chi connectivity index (χ4v) is 1.88. The average Bonchev–Trinajstić information content (AvgIpc) is 3.04. The molecule has 19 heavy (non-hydrogen) atoms. The van der Waals surface area contributed by atoms with Crippen LogP contribution < -0.4 is 5.32 Å². The fraction of sp³-hybridized carbons (Fsp3) is 0.250. The van der Waals surface area contributed by atoms with Crippen molar-refractivity contribution in [3.05, 3.63) is 36.3 Å². The van der Waals surface area contributed by atoms with Crippen molar-refractivity contribution in [2.75, 3.05) is 11.9 Å². The highest BCUT2D eigenvalue weighted by Gasteiger charge is 2.01. The van der Waals surface area contributed by atoms with E-state index in [1.165, 1.54) is 0 Å². The number of fused-ring (bicyclic) bond motifs is 1. The monoisotopic (exact) mass is 258 g/mol. The number of H-pyrrole nitrogens is 1. The number of aliphatic hydroxyl groups excluding tert-OH is 1. The molecule has 0 saturated carbocycles. The number of nitrogens with zero attached hydrogens (tertiary/aromatic N) is 4. The van der Waals surface area contributed by atoms with Crippen LogP contribution in [0.25, 0.3) is 10.9 Å². The van der Waals surface area contributed by atoms with Gasteiger partial charge in [0.1, 0.15) is 5.69 Å². The zero-order valence-corrected chi connectivity index (χ0v) is 10.2. The molecule has 7 heteroatoms. The van der Waals surface area contributed by atoms with E-state index in [0.29, 0.717) is 13.1 Å². The normalized spacial score (nSPS) is 11.0. The SMILES string of the molecule is OCCn1cc(CNc2ccc3[nH]ncc3c2)nn1. The van der Waals surface area contributed by atoms with Crippen LogP contribution in [0.4, 0.5) is 5.69 Å². The molecular formula is C12H14N6O. The van der Waals surface area contributed by atoms with E-state index in [-0.39, 0.29) is 6.61 Å². The highest BCUT2D eigenvalue weighted by molar-refractivity contribution is 5.81. The van der Waals surface area contributed by atoms with Gasteiger partial charge in [-0.2, -0.15) is 5.10 Å². The molecule has 0 aliphatic heterocycles. The second kappa shape index (κ2) is 5.07. The number of benzene rings is 1. The summed E-state index contributed by atoms with van der Waals surface area (Å²) < 4.78 is 1.62. The Hall–Kier alpha value is -2.41. The maximum atomic E-state index is 8.80. The van der Waals surface area contributed by atoms with Crippen LogP contribution in [0.5, 0.6) is 0 Å². The van der Waals surface area contributed by atoms with Crippen LogP contribution in [0.3, 0.4) is 0 Å². The van der Waals surface area contributed by atoms with Crippen LogP contribution >= 0.6 is 0 Å². The molecule has 3 N–H and O–H groups in total. The molecule has 0 radical (unpaired) electrons. The third-order valence-electron chi connectivity index (χ3n) is 2.83. The average molecular weight is 258 g/mol. The molecule has 1 aromatic carbocycles. The summed E-state index contributed by atoms with van der Waals surface area (Å²) >= 11 is 0. The zero-order chi connectivity index (χ0) is 13.1. The van der Waals surface area contributed by atoms with Crippen LogP contribution in [0.1, 0.15) is 5.69 Å². The molecule has 2 heterocycles. The van der Waals surface area contributed by atoms with Crippen LogP contribution in [-0.4, -0.2) is 36.9 Å². The summed E-state index contributed by atoms with van der Waals surface area (Å²) in [5.74, 6) is 0. The van der Waals surface area contributed by atoms with Crippen LogP contribution in [-0.2, 0) is 13.1 Å². The van der Waals surface area contributed by atoms with E-state index in [0.717, 1.165) is 22.3 Å². The predicted molar refractivity (Wildman–Crippen MR) is 70.5 cm³/mol. The van der Waals surface area contributed by atoms with Gasteiger partial charge < -0.3 is 10.4 Å². The number of anilines is 1. The minimum Gasteiger partial charge on any atom is -0.394 e. The molecule has 0 saturated heterocycles. The first-order valence-electron chi connectivity index (χ1n) is 6.02. The van der Waals surface area contributed by atoms with Gasteiger partial charge in [-0.25, -0.2) is 4.68 Å². The van der Waals surface area contributed by atoms with Crippen molar-refractivity contribution >= 4 is 16.6 Å². The molecule has 0 spiro atoms. The molecule has 0 fully saturated rings. The van der Waals surface area contributed by atoms with Gasteiger partial charge in [-0.15, -0.1) is 5.10 Å². The Kier molecular flexibility index (Phi) is 3.11. The molecule has 0 aliphatic carbocycles. The predicted octanol–water partition coefficient (Wildman–Crippen LogP) is 0.759. The number of hydrogen-bond donors (Lipinski definition) is 3. The summed E-state index contributed by atoms with van der Waals surface area (Å²) in [7, 11) is 0. The molecule has 0 amide bonds. The lowest BCUT2D eigenvalue weighted by molar-refractivity contribution is 0.268. The summed E-state index contributed by atoms with van der Waals surface area (Å²) in [6.07, 6.45) is 3.61. The summed E-state index contributed by atoms with van der Waals surface area (Å²) in [4.78, 5) is 0. The van der Waals surface area contributed by atoms with Crippen molar-refractivity contribution in [3.8, 4) is 0 Å². The first kappa shape index (κ1) is 11.7. The maximum absolute atomic E-state index is 8.80. The quantitative estimate of drug-likeness (QED) is 0.628. The van der Waals surface area contributed by atoms with E-state index >= 15 is 0 Å². The number of rotatable bonds is 5. The topological polar surface area (TPSA) is 91.7 Å². The number of nitrogens with one attached hydrogen (secondary N) is 2. The fourth-order valence-electron chi connectivity index (χ4n) is 1.88. The maximum Gasteiger partial charge on any atom is 0.102 e.